The average molecular weight is 427 g/mol. The summed E-state index contributed by atoms with van der Waals surface area (Å²) in [6.45, 7) is 15.6. The van der Waals surface area contributed by atoms with Crippen molar-refractivity contribution in [3.8, 4) is 23.5 Å². The summed E-state index contributed by atoms with van der Waals surface area (Å²) >= 11 is 0. The molecule has 0 aliphatic heterocycles. The fourth-order valence-electron chi connectivity index (χ4n) is 5.87. The molecular formula is C33H30. The minimum atomic E-state index is -0.127. The molecule has 0 bridgehead atoms. The molecule has 162 valence electrons. The van der Waals surface area contributed by atoms with Crippen molar-refractivity contribution in [1.82, 2.24) is 0 Å². The van der Waals surface area contributed by atoms with Crippen LogP contribution in [0.1, 0.15) is 73.6 Å². The van der Waals surface area contributed by atoms with Crippen molar-refractivity contribution < 1.29 is 0 Å². The first-order chi connectivity index (χ1) is 15.6. The molecule has 0 amide bonds. The van der Waals surface area contributed by atoms with Crippen molar-refractivity contribution in [2.75, 3.05) is 0 Å². The molecule has 0 saturated heterocycles. The van der Waals surface area contributed by atoms with Gasteiger partial charge in [-0.25, -0.2) is 0 Å². The number of terminal acetylenes is 1. The smallest absolute Gasteiger partial charge is 0.0322 e. The molecule has 0 unspecified atom stereocenters. The van der Waals surface area contributed by atoms with Crippen LogP contribution in [-0.2, 0) is 10.8 Å². The van der Waals surface area contributed by atoms with Gasteiger partial charge in [-0.05, 0) is 94.6 Å². The number of hydrogen-bond donors (Lipinski definition) is 0. The van der Waals surface area contributed by atoms with Gasteiger partial charge in [-0.2, -0.15) is 0 Å². The first-order valence-corrected chi connectivity index (χ1v) is 11.7. The van der Waals surface area contributed by atoms with Crippen LogP contribution in [0.2, 0.25) is 0 Å². The van der Waals surface area contributed by atoms with Crippen molar-refractivity contribution >= 4 is 11.1 Å². The second kappa shape index (κ2) is 7.01. The Morgan fingerprint density at radius 2 is 1.58 bits per heavy atom. The minimum Gasteiger partial charge on any atom is -0.115 e. The van der Waals surface area contributed by atoms with Crippen molar-refractivity contribution in [2.24, 2.45) is 0 Å². The molecule has 0 aromatic heterocycles. The highest BCUT2D eigenvalue weighted by atomic mass is 14.4. The standard InChI is InChI=1S/C33H30/c1-9-23(18-29-22(4)24-15-14-20(2)16-30(24)33(29,7)8)26-19-31-27(17-21(26)3)25-12-10-11-13-28(25)32(31,5)6/h1,10-13,16-19H,2-8H3/b23-18+. The summed E-state index contributed by atoms with van der Waals surface area (Å²) in [5, 5.41) is 0. The number of hydrogen-bond acceptors (Lipinski definition) is 0. The Balaban J connectivity index is 1.68. The molecule has 33 heavy (non-hydrogen) atoms. The predicted molar refractivity (Wildman–Crippen MR) is 140 cm³/mol. The largest absolute Gasteiger partial charge is 0.115 e. The Hall–Kier alpha value is -3.48. The molecule has 3 aromatic carbocycles. The zero-order chi connectivity index (χ0) is 23.7. The number of allylic oxidation sites excluding steroid dienone is 4. The van der Waals surface area contributed by atoms with Crippen molar-refractivity contribution in [1.29, 1.82) is 0 Å². The molecule has 0 N–H and O–H groups in total. The van der Waals surface area contributed by atoms with Gasteiger partial charge >= 0.3 is 0 Å². The van der Waals surface area contributed by atoms with Crippen LogP contribution in [0.5, 0.6) is 0 Å². The highest BCUT2D eigenvalue weighted by Crippen LogP contribution is 2.50. The van der Waals surface area contributed by atoms with E-state index in [0.29, 0.717) is 0 Å². The molecule has 0 heteroatoms. The average Bonchev–Trinajstić information content (AvgIpc) is 3.10. The van der Waals surface area contributed by atoms with E-state index >= 15 is 0 Å². The summed E-state index contributed by atoms with van der Waals surface area (Å²) in [6.07, 6.45) is 8.40. The van der Waals surface area contributed by atoms with E-state index in [4.69, 9.17) is 6.42 Å². The first kappa shape index (κ1) is 21.4. The summed E-state index contributed by atoms with van der Waals surface area (Å²) in [4.78, 5) is 0. The lowest BCUT2D eigenvalue weighted by Gasteiger charge is -2.24. The van der Waals surface area contributed by atoms with Gasteiger partial charge in [0, 0.05) is 22.0 Å². The van der Waals surface area contributed by atoms with Gasteiger partial charge in [-0.1, -0.05) is 76.1 Å². The Morgan fingerprint density at radius 1 is 0.848 bits per heavy atom. The second-order valence-corrected chi connectivity index (χ2v) is 10.6. The number of fused-ring (bicyclic) bond motifs is 4. The predicted octanol–water partition coefficient (Wildman–Crippen LogP) is 7.99. The monoisotopic (exact) mass is 426 g/mol. The summed E-state index contributed by atoms with van der Waals surface area (Å²) in [5.74, 6) is 3.03. The highest BCUT2D eigenvalue weighted by Gasteiger charge is 2.37. The van der Waals surface area contributed by atoms with E-state index in [-0.39, 0.29) is 10.8 Å². The van der Waals surface area contributed by atoms with Crippen LogP contribution in [0.15, 0.2) is 54.1 Å². The van der Waals surface area contributed by atoms with Crippen LogP contribution in [0.4, 0.5) is 0 Å². The van der Waals surface area contributed by atoms with Gasteiger partial charge < -0.3 is 0 Å². The van der Waals surface area contributed by atoms with Gasteiger partial charge in [-0.15, -0.1) is 6.42 Å². The van der Waals surface area contributed by atoms with Gasteiger partial charge in [0.1, 0.15) is 0 Å². The maximum absolute atomic E-state index is 6.16. The molecule has 0 spiro atoms. The van der Waals surface area contributed by atoms with E-state index in [9.17, 15) is 0 Å². The summed E-state index contributed by atoms with van der Waals surface area (Å²) in [6, 6.07) is 22.3. The van der Waals surface area contributed by atoms with Crippen LogP contribution in [-0.4, -0.2) is 0 Å². The van der Waals surface area contributed by atoms with E-state index in [1.807, 2.05) is 0 Å². The second-order valence-electron chi connectivity index (χ2n) is 10.6. The van der Waals surface area contributed by atoms with Gasteiger partial charge in [0.05, 0.1) is 0 Å². The van der Waals surface area contributed by atoms with E-state index in [1.165, 1.54) is 44.5 Å². The van der Waals surface area contributed by atoms with Gasteiger partial charge in [0.2, 0.25) is 0 Å². The first-order valence-electron chi connectivity index (χ1n) is 11.7. The zero-order valence-corrected chi connectivity index (χ0v) is 20.7. The Kier molecular flexibility index (Phi) is 4.54. The lowest BCUT2D eigenvalue weighted by molar-refractivity contribution is 0.653. The number of benzene rings is 2. The normalized spacial score (nSPS) is 17.2. The van der Waals surface area contributed by atoms with Crippen LogP contribution in [0.25, 0.3) is 22.3 Å². The molecule has 0 saturated carbocycles. The maximum atomic E-state index is 6.16. The van der Waals surface area contributed by atoms with Crippen molar-refractivity contribution in [2.45, 2.75) is 59.3 Å². The summed E-state index contributed by atoms with van der Waals surface area (Å²) < 4.78 is 0. The molecule has 2 aliphatic carbocycles. The van der Waals surface area contributed by atoms with Crippen LogP contribution in [0.3, 0.4) is 0 Å². The summed E-state index contributed by atoms with van der Waals surface area (Å²) in [7, 11) is 0. The third-order valence-corrected chi connectivity index (χ3v) is 7.80. The van der Waals surface area contributed by atoms with Crippen molar-refractivity contribution in [3.05, 3.63) is 105 Å². The van der Waals surface area contributed by atoms with E-state index in [1.54, 1.807) is 0 Å². The number of aryl methyl sites for hydroxylation is 2. The van der Waals surface area contributed by atoms with Crippen LogP contribution >= 0.6 is 0 Å². The van der Waals surface area contributed by atoms with Crippen molar-refractivity contribution in [3.63, 3.8) is 0 Å². The molecule has 0 fully saturated rings. The summed E-state index contributed by atoms with van der Waals surface area (Å²) in [5.41, 5.74) is 14.6. The van der Waals surface area contributed by atoms with E-state index in [0.717, 1.165) is 22.3 Å². The molecule has 0 nitrogen and oxygen atoms in total. The van der Waals surface area contributed by atoms with Crippen LogP contribution < -0.4 is 0 Å². The van der Waals surface area contributed by atoms with E-state index in [2.05, 4.69) is 115 Å². The van der Waals surface area contributed by atoms with Crippen LogP contribution in [0, 0.1) is 38.3 Å². The zero-order valence-electron chi connectivity index (χ0n) is 20.7. The number of rotatable bonds is 2. The molecule has 0 heterocycles. The molecular weight excluding hydrogens is 396 g/mol. The molecule has 2 aliphatic rings. The lowest BCUT2D eigenvalue weighted by Crippen LogP contribution is -2.17. The molecule has 0 radical (unpaired) electrons. The maximum Gasteiger partial charge on any atom is 0.0322 e. The van der Waals surface area contributed by atoms with E-state index < -0.39 is 0 Å². The Labute approximate surface area is 199 Å². The fraction of sp³-hybridized carbons (Fsp3) is 0.273. The van der Waals surface area contributed by atoms with Gasteiger partial charge in [-0.3, -0.25) is 0 Å². The SMILES string of the molecule is C#C/C(=C\C1=C(C)c2c#cc(C)cc2C1(C)C)c1cc2c(cc1C)-c1ccccc1C2(C)C. The Morgan fingerprint density at radius 3 is 2.30 bits per heavy atom. The molecule has 0 atom stereocenters. The van der Waals surface area contributed by atoms with Gasteiger partial charge in [0.25, 0.3) is 0 Å². The fourth-order valence-corrected chi connectivity index (χ4v) is 5.87. The third-order valence-electron chi connectivity index (χ3n) is 7.80. The molecule has 3 aromatic rings. The quantitative estimate of drug-likeness (QED) is 0.364. The van der Waals surface area contributed by atoms with Gasteiger partial charge in [0.15, 0.2) is 0 Å². The Bertz CT molecular complexity index is 1430. The third kappa shape index (κ3) is 2.95. The lowest BCUT2D eigenvalue weighted by atomic mass is 9.78. The highest BCUT2D eigenvalue weighted by molar-refractivity contribution is 5.91. The molecule has 5 rings (SSSR count). The minimum absolute atomic E-state index is 0.0472. The topological polar surface area (TPSA) is 0 Å².